The van der Waals surface area contributed by atoms with Gasteiger partial charge in [0.2, 0.25) is 11.8 Å². The largest absolute Gasteiger partial charge is 0.350 e. The van der Waals surface area contributed by atoms with Gasteiger partial charge in [-0.25, -0.2) is 0 Å². The minimum absolute atomic E-state index is 0.0666. The van der Waals surface area contributed by atoms with Gasteiger partial charge in [0.1, 0.15) is 10.9 Å². The molecule has 2 amide bonds. The molecule has 6 nitrogen and oxygen atoms in total. The van der Waals surface area contributed by atoms with Crippen molar-refractivity contribution in [2.24, 2.45) is 0 Å². The molecule has 0 unspecified atom stereocenters. The van der Waals surface area contributed by atoms with E-state index in [-0.39, 0.29) is 11.8 Å². The van der Waals surface area contributed by atoms with Crippen molar-refractivity contribution >= 4 is 23.6 Å². The molecule has 3 aromatic rings. The van der Waals surface area contributed by atoms with E-state index in [1.54, 1.807) is 18.0 Å². The summed E-state index contributed by atoms with van der Waals surface area (Å²) in [6.45, 7) is 1.17. The Balaban J connectivity index is 1.24. The fraction of sp³-hybridized carbons (Fsp3) is 0.292. The summed E-state index contributed by atoms with van der Waals surface area (Å²) in [7, 11) is 0. The van der Waals surface area contributed by atoms with Crippen LogP contribution in [0.3, 0.4) is 0 Å². The number of carbonyl (C=O) groups excluding carboxylic acids is 2. The molecule has 5 rings (SSSR count). The van der Waals surface area contributed by atoms with Gasteiger partial charge < -0.3 is 10.2 Å². The molecule has 1 N–H and O–H groups in total. The first kappa shape index (κ1) is 19.9. The quantitative estimate of drug-likeness (QED) is 0.650. The molecular weight excluding hydrogens is 408 g/mol. The molecule has 0 saturated carbocycles. The lowest BCUT2D eigenvalue weighted by Crippen LogP contribution is -2.49. The van der Waals surface area contributed by atoms with Gasteiger partial charge in [0.05, 0.1) is 6.54 Å². The van der Waals surface area contributed by atoms with Gasteiger partial charge in [-0.05, 0) is 29.2 Å². The van der Waals surface area contributed by atoms with Crippen molar-refractivity contribution in [1.29, 1.82) is 0 Å². The summed E-state index contributed by atoms with van der Waals surface area (Å²) in [5.74, 6) is 0.605. The number of thioether (sulfide) groups is 1. The molecule has 7 heteroatoms. The van der Waals surface area contributed by atoms with Gasteiger partial charge in [0.25, 0.3) is 0 Å². The zero-order valence-corrected chi connectivity index (χ0v) is 17.9. The van der Waals surface area contributed by atoms with Crippen molar-refractivity contribution in [3.63, 3.8) is 0 Å². The molecular formula is C24H24N4O2S. The van der Waals surface area contributed by atoms with E-state index in [0.717, 1.165) is 29.7 Å². The molecule has 2 aliphatic rings. The first-order valence-corrected chi connectivity index (χ1v) is 11.5. The maximum atomic E-state index is 13.0. The number of hydrogen-bond donors (Lipinski definition) is 1. The molecule has 3 heterocycles. The number of rotatable bonds is 6. The fourth-order valence-corrected chi connectivity index (χ4v) is 6.14. The third-order valence-electron chi connectivity index (χ3n) is 6.05. The van der Waals surface area contributed by atoms with Crippen LogP contribution in [0.25, 0.3) is 0 Å². The highest BCUT2D eigenvalue weighted by molar-refractivity contribution is 8.00. The number of benzene rings is 2. The highest BCUT2D eigenvalue weighted by Gasteiger charge is 2.56. The monoisotopic (exact) mass is 432 g/mol. The Hall–Kier alpha value is -3.06. The lowest BCUT2D eigenvalue weighted by Gasteiger charge is -2.34. The average molecular weight is 433 g/mol. The predicted octanol–water partition coefficient (Wildman–Crippen LogP) is 3.14. The average Bonchev–Trinajstić information content (AvgIpc) is 3.52. The topological polar surface area (TPSA) is 67.2 Å². The van der Waals surface area contributed by atoms with Crippen molar-refractivity contribution < 1.29 is 9.59 Å². The van der Waals surface area contributed by atoms with Gasteiger partial charge in [-0.2, -0.15) is 5.10 Å². The number of aromatic nitrogens is 2. The second kappa shape index (κ2) is 8.23. The number of fused-ring (bicyclic) bond motifs is 1. The maximum absolute atomic E-state index is 13.0. The van der Waals surface area contributed by atoms with E-state index >= 15 is 0 Å². The molecule has 0 bridgehead atoms. The van der Waals surface area contributed by atoms with Crippen LogP contribution in [-0.4, -0.2) is 38.3 Å². The second-order valence-corrected chi connectivity index (χ2v) is 9.28. The van der Waals surface area contributed by atoms with E-state index in [1.165, 1.54) is 0 Å². The van der Waals surface area contributed by atoms with Gasteiger partial charge in [-0.3, -0.25) is 14.3 Å². The third-order valence-corrected chi connectivity index (χ3v) is 7.64. The van der Waals surface area contributed by atoms with Crippen molar-refractivity contribution in [2.75, 3.05) is 5.75 Å². The molecule has 158 valence electrons. The Morgan fingerprint density at radius 1 is 1.10 bits per heavy atom. The lowest BCUT2D eigenvalue weighted by atomic mass is 10.0. The van der Waals surface area contributed by atoms with E-state index in [2.05, 4.69) is 34.7 Å². The van der Waals surface area contributed by atoms with Gasteiger partial charge in [-0.1, -0.05) is 54.6 Å². The molecule has 0 radical (unpaired) electrons. The summed E-state index contributed by atoms with van der Waals surface area (Å²) in [4.78, 5) is 27.2. The van der Waals surface area contributed by atoms with Gasteiger partial charge >= 0.3 is 0 Å². The Morgan fingerprint density at radius 3 is 2.61 bits per heavy atom. The molecule has 2 aliphatic heterocycles. The number of hydrogen-bond acceptors (Lipinski definition) is 4. The van der Waals surface area contributed by atoms with Gasteiger partial charge in [0.15, 0.2) is 0 Å². The Labute approximate surface area is 185 Å². The van der Waals surface area contributed by atoms with E-state index in [1.807, 2.05) is 52.2 Å². The molecule has 2 fully saturated rings. The van der Waals surface area contributed by atoms with Crippen LogP contribution >= 0.6 is 11.8 Å². The van der Waals surface area contributed by atoms with Crippen LogP contribution in [0.2, 0.25) is 0 Å². The zero-order valence-electron chi connectivity index (χ0n) is 17.1. The van der Waals surface area contributed by atoms with Crippen molar-refractivity contribution in [1.82, 2.24) is 20.0 Å². The van der Waals surface area contributed by atoms with Crippen molar-refractivity contribution in [2.45, 2.75) is 36.8 Å². The molecule has 0 aliphatic carbocycles. The predicted molar refractivity (Wildman–Crippen MR) is 120 cm³/mol. The summed E-state index contributed by atoms with van der Waals surface area (Å²) in [5.41, 5.74) is 3.29. The number of carbonyl (C=O) groups is 2. The van der Waals surface area contributed by atoms with Gasteiger partial charge in [0, 0.05) is 31.1 Å². The summed E-state index contributed by atoms with van der Waals surface area (Å²) >= 11 is 1.71. The molecule has 2 saturated heterocycles. The van der Waals surface area contributed by atoms with Crippen LogP contribution in [0.15, 0.2) is 73.1 Å². The molecule has 2 atom stereocenters. The minimum Gasteiger partial charge on any atom is -0.350 e. The lowest BCUT2D eigenvalue weighted by molar-refractivity contribution is -0.138. The SMILES string of the molecule is O=C(NCc1ccc(Cn2cccn2)cc1)[C@@H]1CS[C@@]2(c3ccccc3)CCC(=O)N12. The Kier molecular flexibility index (Phi) is 5.28. The highest BCUT2D eigenvalue weighted by atomic mass is 32.2. The van der Waals surface area contributed by atoms with Gasteiger partial charge in [-0.15, -0.1) is 11.8 Å². The van der Waals surface area contributed by atoms with Crippen molar-refractivity contribution in [3.8, 4) is 0 Å². The van der Waals surface area contributed by atoms with Crippen LogP contribution in [0.1, 0.15) is 29.5 Å². The molecule has 2 aromatic carbocycles. The van der Waals surface area contributed by atoms with Crippen molar-refractivity contribution in [3.05, 3.63) is 89.7 Å². The highest BCUT2D eigenvalue weighted by Crippen LogP contribution is 2.54. The normalized spacial score (nSPS) is 22.5. The Morgan fingerprint density at radius 2 is 1.87 bits per heavy atom. The molecule has 1 aromatic heterocycles. The minimum atomic E-state index is -0.431. The smallest absolute Gasteiger partial charge is 0.244 e. The van der Waals surface area contributed by atoms with Crippen LogP contribution < -0.4 is 5.32 Å². The first-order valence-electron chi connectivity index (χ1n) is 10.5. The standard InChI is InChI=1S/C24H24N4O2S/c29-22-11-12-24(20-5-2-1-3-6-20)28(22)21(17-31-24)23(30)25-15-18-7-9-19(10-8-18)16-27-14-4-13-26-27/h1-10,13-14,21H,11-12,15-17H2,(H,25,30)/t21-,24+/m0/s1. The molecule has 0 spiro atoms. The number of nitrogens with zero attached hydrogens (tertiary/aromatic N) is 3. The van der Waals surface area contributed by atoms with Crippen LogP contribution in [-0.2, 0) is 27.5 Å². The summed E-state index contributed by atoms with van der Waals surface area (Å²) in [6.07, 6.45) is 4.94. The van der Waals surface area contributed by atoms with E-state index in [9.17, 15) is 9.59 Å². The van der Waals surface area contributed by atoms with Crippen LogP contribution in [0, 0.1) is 0 Å². The van der Waals surface area contributed by atoms with Crippen LogP contribution in [0.4, 0.5) is 0 Å². The van der Waals surface area contributed by atoms with E-state index < -0.39 is 10.9 Å². The number of nitrogens with one attached hydrogen (secondary N) is 1. The summed E-state index contributed by atoms with van der Waals surface area (Å²) < 4.78 is 1.88. The van der Waals surface area contributed by atoms with E-state index in [0.29, 0.717) is 18.7 Å². The van der Waals surface area contributed by atoms with E-state index in [4.69, 9.17) is 0 Å². The summed E-state index contributed by atoms with van der Waals surface area (Å²) in [5, 5.41) is 7.27. The maximum Gasteiger partial charge on any atom is 0.244 e. The first-order chi connectivity index (χ1) is 15.2. The third kappa shape index (κ3) is 3.74. The fourth-order valence-electron chi connectivity index (χ4n) is 4.49. The Bertz CT molecular complexity index is 1070. The summed E-state index contributed by atoms with van der Waals surface area (Å²) in [6, 6.07) is 19.7. The molecule has 31 heavy (non-hydrogen) atoms. The van der Waals surface area contributed by atoms with Crippen LogP contribution in [0.5, 0.6) is 0 Å². The zero-order chi connectivity index (χ0) is 21.3. The number of amides is 2. The second-order valence-electron chi connectivity index (χ2n) is 7.98.